The van der Waals surface area contributed by atoms with Crippen molar-refractivity contribution >= 4 is 56.3 Å². The zero-order chi connectivity index (χ0) is 40.4. The van der Waals surface area contributed by atoms with E-state index in [1.165, 1.54) is 21.1 Å². The van der Waals surface area contributed by atoms with Crippen molar-refractivity contribution in [2.24, 2.45) is 11.8 Å². The maximum absolute atomic E-state index is 6.36. The van der Waals surface area contributed by atoms with Crippen molar-refractivity contribution in [1.82, 2.24) is 14.5 Å². The zero-order valence-electron chi connectivity index (χ0n) is 35.1. The van der Waals surface area contributed by atoms with Gasteiger partial charge in [0, 0.05) is 31.2 Å². The van der Waals surface area contributed by atoms with E-state index in [0.29, 0.717) is 17.8 Å². The van der Waals surface area contributed by atoms with Gasteiger partial charge in [-0.3, -0.25) is 4.98 Å². The molecule has 0 saturated carbocycles. The second-order valence-corrected chi connectivity index (χ2v) is 27.2. The summed E-state index contributed by atoms with van der Waals surface area (Å²) in [5.74, 6) is 9.18. The van der Waals surface area contributed by atoms with Gasteiger partial charge < -0.3 is 8.98 Å². The van der Waals surface area contributed by atoms with Gasteiger partial charge in [0.05, 0.1) is 22.4 Å². The molecule has 4 nitrogen and oxygen atoms in total. The minimum atomic E-state index is -2.01. The SMILES string of the molecule is C=C(/C(=C(\C)C(C)C)n1c(-c2[c-]ccc3c2oc2ccccc23)nc2ccccc21)C(C)C.CC(c1ccccc1)c1cc(-c2[c-]cccc2)nc[c]1[Ge]([CH3])([CH3])[CH3].[Ir]. The zero-order valence-corrected chi connectivity index (χ0v) is 39.6. The van der Waals surface area contributed by atoms with Gasteiger partial charge in [-0.15, -0.1) is 18.2 Å². The molecule has 0 spiro atoms. The molecule has 1 radical (unpaired) electrons. The Labute approximate surface area is 360 Å². The fraction of sp³-hybridized carbons (Fsp3) is 0.231. The fourth-order valence-corrected chi connectivity index (χ4v) is 10.8. The number of hydrogen-bond acceptors (Lipinski definition) is 3. The maximum Gasteiger partial charge on any atom is 0 e. The summed E-state index contributed by atoms with van der Waals surface area (Å²) < 4.78 is 10.1. The number of rotatable bonds is 9. The van der Waals surface area contributed by atoms with E-state index >= 15 is 0 Å². The summed E-state index contributed by atoms with van der Waals surface area (Å²) in [6, 6.07) is 48.4. The van der Waals surface area contributed by atoms with Crippen molar-refractivity contribution in [2.75, 3.05) is 0 Å². The first-order valence-corrected chi connectivity index (χ1v) is 27.4. The summed E-state index contributed by atoms with van der Waals surface area (Å²) in [4.78, 5) is 9.87. The van der Waals surface area contributed by atoms with Gasteiger partial charge in [0.2, 0.25) is 0 Å². The Kier molecular flexibility index (Phi) is 13.3. The molecule has 0 saturated heterocycles. The number of fused-ring (bicyclic) bond motifs is 4. The largest absolute Gasteiger partial charge is 0 e. The van der Waals surface area contributed by atoms with Crippen LogP contribution in [0.3, 0.4) is 0 Å². The Morgan fingerprint density at radius 3 is 2.14 bits per heavy atom. The molecular weight excluding hydrogens is 947 g/mol. The first kappa shape index (κ1) is 42.8. The third-order valence-corrected chi connectivity index (χ3v) is 15.3. The Bertz CT molecular complexity index is 2720. The van der Waals surface area contributed by atoms with E-state index in [1.54, 1.807) is 0 Å². The molecular formula is C52H53GeIrN3O-2. The molecule has 3 heterocycles. The average molecular weight is 1000 g/mol. The van der Waals surface area contributed by atoms with Gasteiger partial charge in [0.15, 0.2) is 0 Å². The predicted octanol–water partition coefficient (Wildman–Crippen LogP) is 13.7. The van der Waals surface area contributed by atoms with Gasteiger partial charge in [0.1, 0.15) is 5.58 Å². The predicted molar refractivity (Wildman–Crippen MR) is 244 cm³/mol. The van der Waals surface area contributed by atoms with E-state index < -0.39 is 13.3 Å². The molecule has 297 valence electrons. The van der Waals surface area contributed by atoms with E-state index in [1.807, 2.05) is 48.5 Å². The molecule has 0 aliphatic rings. The summed E-state index contributed by atoms with van der Waals surface area (Å²) >= 11 is -2.01. The summed E-state index contributed by atoms with van der Waals surface area (Å²) in [6.07, 6.45) is 2.13. The Morgan fingerprint density at radius 2 is 1.45 bits per heavy atom. The van der Waals surface area contributed by atoms with Crippen LogP contribution in [-0.2, 0) is 20.1 Å². The van der Waals surface area contributed by atoms with Crippen LogP contribution in [0.2, 0.25) is 17.3 Å². The van der Waals surface area contributed by atoms with Gasteiger partial charge in [-0.1, -0.05) is 75.6 Å². The molecule has 5 aromatic carbocycles. The average Bonchev–Trinajstić information content (AvgIpc) is 3.80. The van der Waals surface area contributed by atoms with Gasteiger partial charge in [0.25, 0.3) is 0 Å². The summed E-state index contributed by atoms with van der Waals surface area (Å²) in [5.41, 5.74) is 12.9. The quantitative estimate of drug-likeness (QED) is 0.0822. The van der Waals surface area contributed by atoms with Crippen LogP contribution in [0.25, 0.3) is 61.3 Å². The second-order valence-electron chi connectivity index (χ2n) is 16.6. The van der Waals surface area contributed by atoms with Crippen molar-refractivity contribution in [3.63, 3.8) is 0 Å². The van der Waals surface area contributed by atoms with Crippen LogP contribution >= 0.6 is 0 Å². The number of benzene rings is 5. The number of furan rings is 1. The van der Waals surface area contributed by atoms with Crippen LogP contribution in [0.1, 0.15) is 58.6 Å². The third kappa shape index (κ3) is 8.64. The number of para-hydroxylation sites is 3. The molecule has 0 aliphatic carbocycles. The van der Waals surface area contributed by atoms with Gasteiger partial charge in [-0.2, -0.15) is 0 Å². The van der Waals surface area contributed by atoms with Crippen molar-refractivity contribution in [1.29, 1.82) is 0 Å². The molecule has 3 aromatic heterocycles. The van der Waals surface area contributed by atoms with E-state index in [0.717, 1.165) is 66.9 Å². The van der Waals surface area contributed by atoms with Crippen LogP contribution in [0.5, 0.6) is 0 Å². The Morgan fingerprint density at radius 1 is 0.759 bits per heavy atom. The first-order chi connectivity index (χ1) is 27.3. The van der Waals surface area contributed by atoms with E-state index in [2.05, 4.69) is 161 Å². The van der Waals surface area contributed by atoms with Gasteiger partial charge >= 0.3 is 148 Å². The fourth-order valence-electron chi connectivity index (χ4n) is 7.47. The van der Waals surface area contributed by atoms with Gasteiger partial charge in [-0.25, -0.2) is 0 Å². The molecule has 8 rings (SSSR count). The molecule has 0 aliphatic heterocycles. The van der Waals surface area contributed by atoms with Crippen LogP contribution in [0.15, 0.2) is 150 Å². The van der Waals surface area contributed by atoms with E-state index in [4.69, 9.17) is 14.4 Å². The maximum atomic E-state index is 6.36. The van der Waals surface area contributed by atoms with Crippen molar-refractivity contribution in [3.05, 3.63) is 169 Å². The summed E-state index contributed by atoms with van der Waals surface area (Å²) in [5, 5.41) is 2.18. The van der Waals surface area contributed by atoms with Crippen molar-refractivity contribution in [2.45, 2.75) is 64.7 Å². The molecule has 58 heavy (non-hydrogen) atoms. The molecule has 1 atom stereocenters. The minimum Gasteiger partial charge on any atom is 0 e. The van der Waals surface area contributed by atoms with Crippen LogP contribution < -0.4 is 4.40 Å². The number of allylic oxidation sites excluding steroid dienone is 3. The topological polar surface area (TPSA) is 43.9 Å². The monoisotopic (exact) mass is 1000 g/mol. The van der Waals surface area contributed by atoms with Gasteiger partial charge in [-0.05, 0) is 48.1 Å². The Balaban J connectivity index is 0.000000202. The Hall–Kier alpha value is -4.81. The molecule has 0 N–H and O–H groups in total. The van der Waals surface area contributed by atoms with E-state index in [9.17, 15) is 0 Å². The number of hydrogen-bond donors (Lipinski definition) is 0. The number of aromatic nitrogens is 3. The molecule has 0 fully saturated rings. The smallest absolute Gasteiger partial charge is 0 e. The van der Waals surface area contributed by atoms with E-state index in [-0.39, 0.29) is 20.1 Å². The number of imidazole rings is 1. The summed E-state index contributed by atoms with van der Waals surface area (Å²) in [6.45, 7) is 17.9. The molecule has 6 heteroatoms. The van der Waals surface area contributed by atoms with Crippen molar-refractivity contribution in [3.8, 4) is 22.6 Å². The van der Waals surface area contributed by atoms with Crippen LogP contribution in [0, 0.1) is 24.0 Å². The normalized spacial score (nSPS) is 12.7. The minimum absolute atomic E-state index is 0. The van der Waals surface area contributed by atoms with Crippen LogP contribution in [0.4, 0.5) is 0 Å². The number of nitrogens with zero attached hydrogens (tertiary/aromatic N) is 3. The first-order valence-electron chi connectivity index (χ1n) is 20.1. The molecule has 0 amide bonds. The second kappa shape index (κ2) is 18.0. The molecule has 0 bridgehead atoms. The van der Waals surface area contributed by atoms with Crippen LogP contribution in [-0.4, -0.2) is 27.8 Å². The van der Waals surface area contributed by atoms with Crippen molar-refractivity contribution < 1.29 is 24.5 Å². The summed E-state index contributed by atoms with van der Waals surface area (Å²) in [7, 11) is 0. The third-order valence-electron chi connectivity index (χ3n) is 11.1. The molecule has 1 unspecified atom stereocenters. The molecule has 8 aromatic rings. The standard InChI is InChI=1S/C30H29N2O.C22H24GeN.Ir/c1-18(2)20(5)28(21(6)19(3)4)32-26-16-9-8-15-25(26)31-30(32)24-14-11-13-23-22-12-7-10-17-27(22)33-29(23)24;1-17(18-11-7-5-8-12-18)20-15-22(19-13-9-6-10-14-19)24-16-21(20)23(2,3)4;/h7-13,15-19H,5H2,1-4,6H3;5-13,15-17H,1-4H3;/q2*-1;/b28-21-;;. The number of pyridine rings is 1.